The Morgan fingerprint density at radius 1 is 1.47 bits per heavy atom. The first-order valence-electron chi connectivity index (χ1n) is 6.59. The molecular weight excluding hydrogens is 244 g/mol. The third-order valence-corrected chi connectivity index (χ3v) is 3.58. The van der Waals surface area contributed by atoms with E-state index >= 15 is 0 Å². The largest absolute Gasteiger partial charge is 0.465 e. The highest BCUT2D eigenvalue weighted by Gasteiger charge is 2.26. The maximum atomic E-state index is 11.3. The van der Waals surface area contributed by atoms with Crippen molar-refractivity contribution in [2.75, 3.05) is 13.7 Å². The average Bonchev–Trinajstić information content (AvgIpc) is 2.92. The molecule has 0 spiro atoms. The lowest BCUT2D eigenvalue weighted by molar-refractivity contribution is 0.0166. The van der Waals surface area contributed by atoms with Gasteiger partial charge in [-0.1, -0.05) is 6.42 Å². The van der Waals surface area contributed by atoms with Crippen molar-refractivity contribution in [2.45, 2.75) is 32.0 Å². The third kappa shape index (κ3) is 3.52. The number of hydrogen-bond donors (Lipinski definition) is 1. The number of nitrogens with zero attached hydrogens (tertiary/aromatic N) is 1. The van der Waals surface area contributed by atoms with Gasteiger partial charge in [-0.2, -0.15) is 0 Å². The van der Waals surface area contributed by atoms with Gasteiger partial charge in [-0.3, -0.25) is 4.98 Å². The van der Waals surface area contributed by atoms with Crippen LogP contribution in [0.25, 0.3) is 0 Å². The number of nitrogens with two attached hydrogens (primary N) is 1. The Morgan fingerprint density at radius 2 is 2.32 bits per heavy atom. The molecule has 2 rings (SSSR count). The van der Waals surface area contributed by atoms with Gasteiger partial charge in [0.15, 0.2) is 0 Å². The Hall–Kier alpha value is -1.46. The van der Waals surface area contributed by atoms with Crippen LogP contribution >= 0.6 is 0 Å². The van der Waals surface area contributed by atoms with Gasteiger partial charge in [0.2, 0.25) is 0 Å². The van der Waals surface area contributed by atoms with E-state index in [1.807, 2.05) is 0 Å². The van der Waals surface area contributed by atoms with Gasteiger partial charge in [-0.05, 0) is 37.4 Å². The topological polar surface area (TPSA) is 74.4 Å². The van der Waals surface area contributed by atoms with E-state index in [0.29, 0.717) is 24.6 Å². The molecule has 0 aliphatic heterocycles. The highest BCUT2D eigenvalue weighted by Crippen LogP contribution is 2.27. The van der Waals surface area contributed by atoms with E-state index in [0.717, 1.165) is 18.5 Å². The zero-order chi connectivity index (χ0) is 13.7. The number of carbonyl (C=O) groups excluding carboxylic acids is 1. The van der Waals surface area contributed by atoms with Crippen molar-refractivity contribution >= 4 is 5.97 Å². The summed E-state index contributed by atoms with van der Waals surface area (Å²) in [5, 5.41) is 0. The number of pyridine rings is 1. The summed E-state index contributed by atoms with van der Waals surface area (Å²) in [6, 6.07) is 3.49. The molecule has 19 heavy (non-hydrogen) atoms. The van der Waals surface area contributed by atoms with Crippen molar-refractivity contribution in [1.29, 1.82) is 0 Å². The quantitative estimate of drug-likeness (QED) is 0.816. The Labute approximate surface area is 113 Å². The second-order valence-electron chi connectivity index (χ2n) is 4.81. The first-order valence-corrected chi connectivity index (χ1v) is 6.59. The van der Waals surface area contributed by atoms with E-state index in [2.05, 4.69) is 9.72 Å². The molecule has 2 unspecified atom stereocenters. The van der Waals surface area contributed by atoms with E-state index in [-0.39, 0.29) is 12.1 Å². The second-order valence-corrected chi connectivity index (χ2v) is 4.81. The molecular formula is C14H20N2O3. The molecule has 5 nitrogen and oxygen atoms in total. The predicted molar refractivity (Wildman–Crippen MR) is 70.5 cm³/mol. The van der Waals surface area contributed by atoms with Crippen LogP contribution in [0.4, 0.5) is 0 Å². The summed E-state index contributed by atoms with van der Waals surface area (Å²) in [7, 11) is 1.35. The molecule has 1 saturated carbocycles. The van der Waals surface area contributed by atoms with Gasteiger partial charge in [-0.25, -0.2) is 4.79 Å². The van der Waals surface area contributed by atoms with Gasteiger partial charge in [0, 0.05) is 6.20 Å². The van der Waals surface area contributed by atoms with Crippen molar-refractivity contribution in [3.05, 3.63) is 29.6 Å². The van der Waals surface area contributed by atoms with Crippen LogP contribution in [-0.2, 0) is 16.1 Å². The molecule has 2 N–H and O–H groups in total. The summed E-state index contributed by atoms with van der Waals surface area (Å²) in [6.45, 7) is 1.14. The van der Waals surface area contributed by atoms with E-state index in [4.69, 9.17) is 10.5 Å². The Morgan fingerprint density at radius 3 is 2.95 bits per heavy atom. The van der Waals surface area contributed by atoms with Crippen molar-refractivity contribution in [3.8, 4) is 0 Å². The van der Waals surface area contributed by atoms with Crippen molar-refractivity contribution < 1.29 is 14.3 Å². The zero-order valence-electron chi connectivity index (χ0n) is 11.2. The van der Waals surface area contributed by atoms with Crippen LogP contribution in [0.3, 0.4) is 0 Å². The molecule has 0 amide bonds. The molecule has 1 aliphatic rings. The normalized spacial score (nSPS) is 22.4. The molecule has 1 fully saturated rings. The fourth-order valence-electron chi connectivity index (χ4n) is 2.43. The van der Waals surface area contributed by atoms with Crippen LogP contribution in [0, 0.1) is 5.92 Å². The maximum Gasteiger partial charge on any atom is 0.339 e. The summed E-state index contributed by atoms with van der Waals surface area (Å²) >= 11 is 0. The standard InChI is InChI=1S/C14H20N2O3/c1-18-14(17)11-5-6-12(16-8-11)9-19-13-4-2-3-10(13)7-15/h5-6,8,10,13H,2-4,7,9,15H2,1H3. The van der Waals surface area contributed by atoms with Crippen molar-refractivity contribution in [3.63, 3.8) is 0 Å². The van der Waals surface area contributed by atoms with E-state index in [1.165, 1.54) is 19.7 Å². The Balaban J connectivity index is 1.88. The summed E-state index contributed by atoms with van der Waals surface area (Å²) in [6.07, 6.45) is 5.16. The predicted octanol–water partition coefficient (Wildman–Crippen LogP) is 1.51. The number of methoxy groups -OCH3 is 1. The molecule has 1 aromatic heterocycles. The van der Waals surface area contributed by atoms with Gasteiger partial charge in [-0.15, -0.1) is 0 Å². The lowest BCUT2D eigenvalue weighted by atomic mass is 10.1. The minimum Gasteiger partial charge on any atom is -0.465 e. The van der Waals surface area contributed by atoms with E-state index < -0.39 is 0 Å². The molecule has 0 radical (unpaired) electrons. The molecule has 1 aliphatic carbocycles. The molecule has 5 heteroatoms. The fourth-order valence-corrected chi connectivity index (χ4v) is 2.43. The lowest BCUT2D eigenvalue weighted by Crippen LogP contribution is -2.25. The number of esters is 1. The molecule has 2 atom stereocenters. The average molecular weight is 264 g/mol. The molecule has 104 valence electrons. The van der Waals surface area contributed by atoms with Crippen molar-refractivity contribution in [2.24, 2.45) is 11.7 Å². The minimum absolute atomic E-state index is 0.243. The van der Waals surface area contributed by atoms with Crippen LogP contribution in [0.15, 0.2) is 18.3 Å². The Kier molecular flexibility index (Phi) is 4.87. The van der Waals surface area contributed by atoms with Gasteiger partial charge >= 0.3 is 5.97 Å². The number of ether oxygens (including phenoxy) is 2. The van der Waals surface area contributed by atoms with E-state index in [1.54, 1.807) is 12.1 Å². The van der Waals surface area contributed by atoms with Crippen LogP contribution in [-0.4, -0.2) is 30.7 Å². The molecule has 1 heterocycles. The number of hydrogen-bond acceptors (Lipinski definition) is 5. The summed E-state index contributed by atoms with van der Waals surface area (Å²) in [5.41, 5.74) is 6.98. The van der Waals surface area contributed by atoms with Gasteiger partial charge < -0.3 is 15.2 Å². The monoisotopic (exact) mass is 264 g/mol. The molecule has 1 aromatic rings. The first kappa shape index (κ1) is 14.0. The highest BCUT2D eigenvalue weighted by molar-refractivity contribution is 5.88. The Bertz CT molecular complexity index is 419. The number of aromatic nitrogens is 1. The number of carbonyl (C=O) groups is 1. The zero-order valence-corrected chi connectivity index (χ0v) is 11.2. The molecule has 0 bridgehead atoms. The molecule has 0 saturated heterocycles. The van der Waals surface area contributed by atoms with Gasteiger partial charge in [0.05, 0.1) is 31.1 Å². The SMILES string of the molecule is COC(=O)c1ccc(COC2CCCC2CN)nc1. The van der Waals surface area contributed by atoms with Crippen LogP contribution in [0.1, 0.15) is 35.3 Å². The lowest BCUT2D eigenvalue weighted by Gasteiger charge is -2.18. The van der Waals surface area contributed by atoms with Crippen molar-refractivity contribution in [1.82, 2.24) is 4.98 Å². The fraction of sp³-hybridized carbons (Fsp3) is 0.571. The molecule has 0 aromatic carbocycles. The highest BCUT2D eigenvalue weighted by atomic mass is 16.5. The van der Waals surface area contributed by atoms with Crippen LogP contribution < -0.4 is 5.73 Å². The smallest absolute Gasteiger partial charge is 0.339 e. The summed E-state index contributed by atoms with van der Waals surface area (Å²) in [5.74, 6) is 0.0910. The van der Waals surface area contributed by atoms with Crippen LogP contribution in [0.2, 0.25) is 0 Å². The summed E-state index contributed by atoms with van der Waals surface area (Å²) in [4.78, 5) is 15.5. The number of rotatable bonds is 5. The summed E-state index contributed by atoms with van der Waals surface area (Å²) < 4.78 is 10.5. The maximum absolute atomic E-state index is 11.3. The second kappa shape index (κ2) is 6.63. The minimum atomic E-state index is -0.376. The van der Waals surface area contributed by atoms with Gasteiger partial charge in [0.1, 0.15) is 0 Å². The van der Waals surface area contributed by atoms with E-state index in [9.17, 15) is 4.79 Å². The van der Waals surface area contributed by atoms with Gasteiger partial charge in [0.25, 0.3) is 0 Å². The van der Waals surface area contributed by atoms with Crippen LogP contribution in [0.5, 0.6) is 0 Å². The first-order chi connectivity index (χ1) is 9.24. The third-order valence-electron chi connectivity index (χ3n) is 3.58.